The summed E-state index contributed by atoms with van der Waals surface area (Å²) in [5, 5.41) is 5.80. The van der Waals surface area contributed by atoms with Crippen molar-refractivity contribution in [3.63, 3.8) is 0 Å². The standard InChI is InChI=1S/C26H32N2O5/c1-17(14-22(29)32-5)27-23(30)26(28-24(31)33-25(2,3)4)15-18-10-6-8-12-20(18)21-13-9-7-11-19(21)16-26/h6-13,17H,14-16H2,1-5H3,(H,27,30)(H,28,31)/t17-/m0/s1. The highest BCUT2D eigenvalue weighted by atomic mass is 16.6. The first kappa shape index (κ1) is 24.3. The largest absolute Gasteiger partial charge is 0.469 e. The number of amides is 2. The normalized spacial score (nSPS) is 15.2. The van der Waals surface area contributed by atoms with Crippen LogP contribution in [0, 0.1) is 0 Å². The van der Waals surface area contributed by atoms with Gasteiger partial charge in [0.05, 0.1) is 13.5 Å². The average Bonchev–Trinajstić information content (AvgIpc) is 2.86. The molecule has 176 valence electrons. The van der Waals surface area contributed by atoms with Gasteiger partial charge < -0.3 is 20.1 Å². The van der Waals surface area contributed by atoms with Gasteiger partial charge in [0.2, 0.25) is 5.91 Å². The van der Waals surface area contributed by atoms with Gasteiger partial charge in [-0.05, 0) is 49.9 Å². The first-order chi connectivity index (χ1) is 15.5. The zero-order valence-corrected chi connectivity index (χ0v) is 19.9. The molecule has 2 aromatic carbocycles. The highest BCUT2D eigenvalue weighted by Gasteiger charge is 2.44. The number of hydrogen-bond donors (Lipinski definition) is 2. The highest BCUT2D eigenvalue weighted by molar-refractivity contribution is 5.93. The van der Waals surface area contributed by atoms with E-state index in [4.69, 9.17) is 9.47 Å². The van der Waals surface area contributed by atoms with Gasteiger partial charge in [-0.3, -0.25) is 9.59 Å². The van der Waals surface area contributed by atoms with E-state index in [1.165, 1.54) is 7.11 Å². The van der Waals surface area contributed by atoms with Crippen LogP contribution in [0.5, 0.6) is 0 Å². The van der Waals surface area contributed by atoms with Crippen molar-refractivity contribution in [3.8, 4) is 11.1 Å². The maximum atomic E-state index is 13.7. The molecule has 0 unspecified atom stereocenters. The third kappa shape index (κ3) is 5.92. The Morgan fingerprint density at radius 2 is 1.48 bits per heavy atom. The summed E-state index contributed by atoms with van der Waals surface area (Å²) in [6.07, 6.45) is -0.102. The van der Waals surface area contributed by atoms with E-state index in [-0.39, 0.29) is 25.2 Å². The molecule has 2 N–H and O–H groups in total. The third-order valence-corrected chi connectivity index (χ3v) is 5.56. The summed E-state index contributed by atoms with van der Waals surface area (Å²) in [4.78, 5) is 38.3. The lowest BCUT2D eigenvalue weighted by atomic mass is 9.85. The van der Waals surface area contributed by atoms with Crippen LogP contribution in [-0.4, -0.2) is 42.3 Å². The van der Waals surface area contributed by atoms with Crippen LogP contribution in [0.15, 0.2) is 48.5 Å². The first-order valence-electron chi connectivity index (χ1n) is 11.1. The van der Waals surface area contributed by atoms with E-state index in [1.54, 1.807) is 27.7 Å². The highest BCUT2D eigenvalue weighted by Crippen LogP contribution is 2.36. The zero-order valence-electron chi connectivity index (χ0n) is 19.9. The number of methoxy groups -OCH3 is 1. The second-order valence-corrected chi connectivity index (χ2v) is 9.53. The smallest absolute Gasteiger partial charge is 0.408 e. The number of benzene rings is 2. The van der Waals surface area contributed by atoms with Gasteiger partial charge in [0.15, 0.2) is 0 Å². The fourth-order valence-electron chi connectivity index (χ4n) is 4.14. The van der Waals surface area contributed by atoms with Crippen LogP contribution in [0.3, 0.4) is 0 Å². The van der Waals surface area contributed by atoms with Gasteiger partial charge in [-0.1, -0.05) is 48.5 Å². The molecular weight excluding hydrogens is 420 g/mol. The number of carbonyl (C=O) groups is 3. The summed E-state index contributed by atoms with van der Waals surface area (Å²) in [7, 11) is 1.31. The molecule has 0 bridgehead atoms. The van der Waals surface area contributed by atoms with Crippen LogP contribution in [0.4, 0.5) is 4.79 Å². The predicted molar refractivity (Wildman–Crippen MR) is 126 cm³/mol. The summed E-state index contributed by atoms with van der Waals surface area (Å²) in [6, 6.07) is 15.3. The Balaban J connectivity index is 2.04. The minimum atomic E-state index is -1.31. The SMILES string of the molecule is COC(=O)C[C@H](C)NC(=O)C1(NC(=O)OC(C)(C)C)Cc2ccccc2-c2ccccc2C1. The quantitative estimate of drug-likeness (QED) is 0.674. The van der Waals surface area contributed by atoms with E-state index in [2.05, 4.69) is 10.6 Å². The molecule has 0 saturated carbocycles. The van der Waals surface area contributed by atoms with Crippen molar-refractivity contribution in [1.82, 2.24) is 10.6 Å². The Hall–Kier alpha value is -3.35. The molecule has 1 aliphatic carbocycles. The van der Waals surface area contributed by atoms with Gasteiger partial charge in [0.1, 0.15) is 11.1 Å². The molecule has 0 spiro atoms. The first-order valence-corrected chi connectivity index (χ1v) is 11.1. The van der Waals surface area contributed by atoms with E-state index in [0.717, 1.165) is 22.3 Å². The Labute approximate surface area is 194 Å². The zero-order chi connectivity index (χ0) is 24.2. The number of ether oxygens (including phenoxy) is 2. The third-order valence-electron chi connectivity index (χ3n) is 5.56. The van der Waals surface area contributed by atoms with Crippen LogP contribution in [0.2, 0.25) is 0 Å². The Bertz CT molecular complexity index is 993. The Morgan fingerprint density at radius 1 is 0.970 bits per heavy atom. The molecule has 0 fully saturated rings. The summed E-state index contributed by atoms with van der Waals surface area (Å²) >= 11 is 0. The van der Waals surface area contributed by atoms with E-state index in [1.807, 2.05) is 48.5 Å². The number of fused-ring (bicyclic) bond motifs is 3. The monoisotopic (exact) mass is 452 g/mol. The van der Waals surface area contributed by atoms with Crippen molar-refractivity contribution in [1.29, 1.82) is 0 Å². The van der Waals surface area contributed by atoms with Gasteiger partial charge >= 0.3 is 12.1 Å². The maximum absolute atomic E-state index is 13.7. The number of esters is 1. The molecule has 0 radical (unpaired) electrons. The predicted octanol–water partition coefficient (Wildman–Crippen LogP) is 3.78. The van der Waals surface area contributed by atoms with E-state index < -0.39 is 29.2 Å². The lowest BCUT2D eigenvalue weighted by Gasteiger charge is -2.35. The van der Waals surface area contributed by atoms with Crippen LogP contribution in [0.25, 0.3) is 11.1 Å². The molecule has 2 amide bonds. The summed E-state index contributed by atoms with van der Waals surface area (Å²) in [6.45, 7) is 7.05. The molecule has 0 saturated heterocycles. The fourth-order valence-corrected chi connectivity index (χ4v) is 4.14. The number of hydrogen-bond acceptors (Lipinski definition) is 5. The minimum Gasteiger partial charge on any atom is -0.469 e. The van der Waals surface area contributed by atoms with Crippen molar-refractivity contribution in [2.24, 2.45) is 0 Å². The topological polar surface area (TPSA) is 93.7 Å². The van der Waals surface area contributed by atoms with Crippen molar-refractivity contribution in [2.45, 2.75) is 64.1 Å². The van der Waals surface area contributed by atoms with Crippen LogP contribution in [0.1, 0.15) is 45.2 Å². The molecule has 33 heavy (non-hydrogen) atoms. The van der Waals surface area contributed by atoms with Crippen molar-refractivity contribution >= 4 is 18.0 Å². The average molecular weight is 453 g/mol. The maximum Gasteiger partial charge on any atom is 0.408 e. The molecule has 1 atom stereocenters. The Kier molecular flexibility index (Phi) is 7.10. The molecule has 7 heteroatoms. The molecule has 7 nitrogen and oxygen atoms in total. The number of nitrogens with one attached hydrogen (secondary N) is 2. The number of rotatable bonds is 5. The van der Waals surface area contributed by atoms with E-state index in [9.17, 15) is 14.4 Å². The molecule has 3 rings (SSSR count). The lowest BCUT2D eigenvalue weighted by molar-refractivity contribution is -0.141. The van der Waals surface area contributed by atoms with Gasteiger partial charge in [-0.2, -0.15) is 0 Å². The number of carbonyl (C=O) groups excluding carboxylic acids is 3. The lowest BCUT2D eigenvalue weighted by Crippen LogP contribution is -2.63. The van der Waals surface area contributed by atoms with Crippen LogP contribution < -0.4 is 10.6 Å². The molecule has 2 aromatic rings. The Morgan fingerprint density at radius 3 is 1.97 bits per heavy atom. The number of alkyl carbamates (subject to hydrolysis) is 1. The van der Waals surface area contributed by atoms with Crippen molar-refractivity contribution in [2.75, 3.05) is 7.11 Å². The summed E-state index contributed by atoms with van der Waals surface area (Å²) in [5.74, 6) is -0.801. The van der Waals surface area contributed by atoms with Gasteiger partial charge in [0.25, 0.3) is 0 Å². The molecule has 0 aromatic heterocycles. The van der Waals surface area contributed by atoms with Crippen molar-refractivity contribution < 1.29 is 23.9 Å². The molecule has 1 aliphatic rings. The van der Waals surface area contributed by atoms with E-state index >= 15 is 0 Å². The van der Waals surface area contributed by atoms with Crippen LogP contribution >= 0.6 is 0 Å². The summed E-state index contributed by atoms with van der Waals surface area (Å²) < 4.78 is 10.2. The van der Waals surface area contributed by atoms with E-state index in [0.29, 0.717) is 0 Å². The van der Waals surface area contributed by atoms with Gasteiger partial charge in [0, 0.05) is 18.9 Å². The van der Waals surface area contributed by atoms with Gasteiger partial charge in [-0.15, -0.1) is 0 Å². The molecule has 0 aliphatic heterocycles. The minimum absolute atomic E-state index is 0.0257. The van der Waals surface area contributed by atoms with Crippen LogP contribution in [-0.2, 0) is 31.9 Å². The second kappa shape index (κ2) is 9.65. The van der Waals surface area contributed by atoms with Crippen molar-refractivity contribution in [3.05, 3.63) is 59.7 Å². The van der Waals surface area contributed by atoms with Gasteiger partial charge in [-0.25, -0.2) is 4.79 Å². The second-order valence-electron chi connectivity index (χ2n) is 9.53. The summed E-state index contributed by atoms with van der Waals surface area (Å²) in [5.41, 5.74) is 1.90. The molecular formula is C26H32N2O5. The molecule has 0 heterocycles. The fraction of sp³-hybridized carbons (Fsp3) is 0.423.